The maximum Gasteiger partial charge on any atom is 0.0418 e. The van der Waals surface area contributed by atoms with E-state index in [4.69, 9.17) is 0 Å². The number of hydrogen-bond acceptors (Lipinski definition) is 3. The summed E-state index contributed by atoms with van der Waals surface area (Å²) in [5, 5.41) is 7.05. The van der Waals surface area contributed by atoms with E-state index in [1.807, 2.05) is 17.8 Å². The lowest BCUT2D eigenvalue weighted by molar-refractivity contribution is 0.726. The zero-order chi connectivity index (χ0) is 12.6. The Kier molecular flexibility index (Phi) is 5.62. The summed E-state index contributed by atoms with van der Waals surface area (Å²) in [5.41, 5.74) is 4.25. The highest BCUT2D eigenvalue weighted by Crippen LogP contribution is 2.25. The van der Waals surface area contributed by atoms with E-state index < -0.39 is 0 Å². The fourth-order valence-corrected chi connectivity index (χ4v) is 2.88. The molecule has 2 rings (SSSR count). The van der Waals surface area contributed by atoms with Gasteiger partial charge < -0.3 is 10.6 Å². The van der Waals surface area contributed by atoms with E-state index >= 15 is 0 Å². The van der Waals surface area contributed by atoms with Gasteiger partial charge in [0.25, 0.3) is 0 Å². The van der Waals surface area contributed by atoms with Crippen LogP contribution in [0.4, 0.5) is 5.69 Å². The van der Waals surface area contributed by atoms with Gasteiger partial charge in [0.05, 0.1) is 0 Å². The molecule has 0 atom stereocenters. The van der Waals surface area contributed by atoms with Crippen molar-refractivity contribution >= 4 is 17.4 Å². The Morgan fingerprint density at radius 1 is 1.44 bits per heavy atom. The fraction of sp³-hybridized carbons (Fsp3) is 0.467. The molecule has 0 radical (unpaired) electrons. The molecule has 2 nitrogen and oxygen atoms in total. The summed E-state index contributed by atoms with van der Waals surface area (Å²) < 4.78 is 0. The van der Waals surface area contributed by atoms with Gasteiger partial charge in [0, 0.05) is 36.8 Å². The van der Waals surface area contributed by atoms with Gasteiger partial charge in [0.2, 0.25) is 0 Å². The highest BCUT2D eigenvalue weighted by atomic mass is 32.2. The first-order valence-electron chi connectivity index (χ1n) is 6.66. The molecule has 0 bridgehead atoms. The van der Waals surface area contributed by atoms with Gasteiger partial charge in [-0.05, 0) is 24.0 Å². The van der Waals surface area contributed by atoms with Crippen molar-refractivity contribution in [2.45, 2.75) is 19.4 Å². The summed E-state index contributed by atoms with van der Waals surface area (Å²) in [6.07, 6.45) is 4.43. The fourth-order valence-electron chi connectivity index (χ4n) is 2.26. The number of nitrogens with one attached hydrogen (secondary N) is 2. The molecule has 0 saturated carbocycles. The van der Waals surface area contributed by atoms with Crippen LogP contribution >= 0.6 is 11.8 Å². The molecular weight excluding hydrogens is 240 g/mol. The molecule has 1 aromatic rings. The van der Waals surface area contributed by atoms with E-state index in [0.717, 1.165) is 31.1 Å². The quantitative estimate of drug-likeness (QED) is 0.583. The number of anilines is 1. The zero-order valence-electron chi connectivity index (χ0n) is 10.9. The summed E-state index contributed by atoms with van der Waals surface area (Å²) in [4.78, 5) is 0. The standard InChI is InChI=1S/C15H22N2S/c1-2-10-18-11-9-16-12-14-6-3-5-13-7-4-8-17-15(13)14/h2-3,5-6,16-17H,1,4,7-12H2. The summed E-state index contributed by atoms with van der Waals surface area (Å²) in [6.45, 7) is 6.86. The third kappa shape index (κ3) is 3.79. The first-order valence-corrected chi connectivity index (χ1v) is 7.81. The normalized spacial score (nSPS) is 13.8. The van der Waals surface area contributed by atoms with Crippen LogP contribution in [0.2, 0.25) is 0 Å². The van der Waals surface area contributed by atoms with Crippen LogP contribution in [0.1, 0.15) is 17.5 Å². The second-order valence-corrected chi connectivity index (χ2v) is 5.67. The van der Waals surface area contributed by atoms with Crippen LogP contribution in [-0.4, -0.2) is 24.6 Å². The van der Waals surface area contributed by atoms with E-state index in [-0.39, 0.29) is 0 Å². The third-order valence-electron chi connectivity index (χ3n) is 3.14. The molecule has 2 N–H and O–H groups in total. The molecule has 0 aliphatic carbocycles. The molecule has 0 fully saturated rings. The van der Waals surface area contributed by atoms with Crippen LogP contribution in [0.15, 0.2) is 30.9 Å². The Bertz CT molecular complexity index is 390. The predicted octanol–water partition coefficient (Wildman–Crippen LogP) is 3.05. The lowest BCUT2D eigenvalue weighted by atomic mass is 9.99. The van der Waals surface area contributed by atoms with Crippen LogP contribution in [-0.2, 0) is 13.0 Å². The lowest BCUT2D eigenvalue weighted by Crippen LogP contribution is -2.20. The summed E-state index contributed by atoms with van der Waals surface area (Å²) in [6, 6.07) is 6.64. The van der Waals surface area contributed by atoms with Gasteiger partial charge in [-0.2, -0.15) is 11.8 Å². The first-order chi connectivity index (χ1) is 8.92. The highest BCUT2D eigenvalue weighted by Gasteiger charge is 2.11. The second kappa shape index (κ2) is 7.49. The van der Waals surface area contributed by atoms with Gasteiger partial charge in [0.15, 0.2) is 0 Å². The van der Waals surface area contributed by atoms with Gasteiger partial charge >= 0.3 is 0 Å². The van der Waals surface area contributed by atoms with Crippen LogP contribution in [0, 0.1) is 0 Å². The topological polar surface area (TPSA) is 24.1 Å². The van der Waals surface area contributed by atoms with Crippen LogP contribution in [0.25, 0.3) is 0 Å². The zero-order valence-corrected chi connectivity index (χ0v) is 11.7. The minimum atomic E-state index is 0.963. The molecule has 1 aliphatic rings. The molecule has 3 heteroatoms. The Hall–Kier alpha value is -0.930. The minimum Gasteiger partial charge on any atom is -0.385 e. The molecular formula is C15H22N2S. The van der Waals surface area contributed by atoms with Gasteiger partial charge in [-0.3, -0.25) is 0 Å². The van der Waals surface area contributed by atoms with Crippen LogP contribution < -0.4 is 10.6 Å². The molecule has 18 heavy (non-hydrogen) atoms. The van der Waals surface area contributed by atoms with E-state index in [1.165, 1.54) is 29.7 Å². The maximum atomic E-state index is 3.72. The molecule has 0 saturated heterocycles. The van der Waals surface area contributed by atoms with Crippen LogP contribution in [0.3, 0.4) is 0 Å². The number of fused-ring (bicyclic) bond motifs is 1. The van der Waals surface area contributed by atoms with E-state index in [9.17, 15) is 0 Å². The van der Waals surface area contributed by atoms with Crippen molar-refractivity contribution in [2.24, 2.45) is 0 Å². The average Bonchev–Trinajstić information content (AvgIpc) is 2.43. The summed E-state index contributed by atoms with van der Waals surface area (Å²) >= 11 is 1.92. The molecule has 0 amide bonds. The van der Waals surface area contributed by atoms with Gasteiger partial charge in [-0.25, -0.2) is 0 Å². The Morgan fingerprint density at radius 3 is 3.28 bits per heavy atom. The second-order valence-electron chi connectivity index (χ2n) is 4.52. The Morgan fingerprint density at radius 2 is 2.39 bits per heavy atom. The molecule has 1 heterocycles. The molecule has 0 unspecified atom stereocenters. The van der Waals surface area contributed by atoms with E-state index in [1.54, 1.807) is 0 Å². The first kappa shape index (κ1) is 13.5. The summed E-state index contributed by atoms with van der Waals surface area (Å²) in [7, 11) is 0. The monoisotopic (exact) mass is 262 g/mol. The number of aryl methyl sites for hydroxylation is 1. The third-order valence-corrected chi connectivity index (χ3v) is 4.10. The Labute approximate surface area is 114 Å². The van der Waals surface area contributed by atoms with Crippen molar-refractivity contribution in [3.05, 3.63) is 42.0 Å². The summed E-state index contributed by atoms with van der Waals surface area (Å²) in [5.74, 6) is 2.19. The van der Waals surface area contributed by atoms with Gasteiger partial charge in [-0.15, -0.1) is 6.58 Å². The van der Waals surface area contributed by atoms with Crippen molar-refractivity contribution in [3.63, 3.8) is 0 Å². The predicted molar refractivity (Wildman–Crippen MR) is 82.5 cm³/mol. The number of para-hydroxylation sites is 1. The van der Waals surface area contributed by atoms with Crippen molar-refractivity contribution in [1.82, 2.24) is 5.32 Å². The molecule has 0 spiro atoms. The minimum absolute atomic E-state index is 0.963. The SMILES string of the molecule is C=CCSCCNCc1cccc2c1NCCC2. The highest BCUT2D eigenvalue weighted by molar-refractivity contribution is 7.99. The molecule has 1 aliphatic heterocycles. The van der Waals surface area contributed by atoms with Crippen molar-refractivity contribution in [1.29, 1.82) is 0 Å². The van der Waals surface area contributed by atoms with Crippen molar-refractivity contribution in [2.75, 3.05) is 29.9 Å². The number of rotatable bonds is 7. The van der Waals surface area contributed by atoms with E-state index in [2.05, 4.69) is 35.4 Å². The number of benzene rings is 1. The number of hydrogen-bond donors (Lipinski definition) is 2. The Balaban J connectivity index is 1.80. The van der Waals surface area contributed by atoms with Gasteiger partial charge in [-0.1, -0.05) is 24.3 Å². The maximum absolute atomic E-state index is 3.72. The molecule has 98 valence electrons. The van der Waals surface area contributed by atoms with E-state index in [0.29, 0.717) is 0 Å². The van der Waals surface area contributed by atoms with Crippen molar-refractivity contribution in [3.8, 4) is 0 Å². The molecule has 0 aromatic heterocycles. The smallest absolute Gasteiger partial charge is 0.0418 e. The van der Waals surface area contributed by atoms with Crippen molar-refractivity contribution < 1.29 is 0 Å². The average molecular weight is 262 g/mol. The number of thioether (sulfide) groups is 1. The van der Waals surface area contributed by atoms with Crippen LogP contribution in [0.5, 0.6) is 0 Å². The van der Waals surface area contributed by atoms with Gasteiger partial charge in [0.1, 0.15) is 0 Å². The molecule has 1 aromatic carbocycles. The largest absolute Gasteiger partial charge is 0.385 e. The lowest BCUT2D eigenvalue weighted by Gasteiger charge is -2.21.